The van der Waals surface area contributed by atoms with Crippen LogP contribution in [0.4, 0.5) is 0 Å². The smallest absolute Gasteiger partial charge is 0.241 e. The van der Waals surface area contributed by atoms with Crippen molar-refractivity contribution in [2.45, 2.75) is 56.6 Å². The van der Waals surface area contributed by atoms with Gasteiger partial charge in [0.25, 0.3) is 0 Å². The second kappa shape index (κ2) is 7.79. The van der Waals surface area contributed by atoms with Gasteiger partial charge in [-0.25, -0.2) is 0 Å². The first-order valence-corrected chi connectivity index (χ1v) is 10.2. The van der Waals surface area contributed by atoms with Crippen molar-refractivity contribution in [3.05, 3.63) is 29.8 Å². The third-order valence-corrected chi connectivity index (χ3v) is 6.11. The molecule has 0 bridgehead atoms. The van der Waals surface area contributed by atoms with Crippen LogP contribution in [0.25, 0.3) is 0 Å². The van der Waals surface area contributed by atoms with E-state index in [1.54, 1.807) is 7.05 Å². The third-order valence-electron chi connectivity index (χ3n) is 6.11. The first kappa shape index (κ1) is 18.1. The molecule has 2 N–H and O–H groups in total. The summed E-state index contributed by atoms with van der Waals surface area (Å²) in [4.78, 5) is 18.6. The topological polar surface area (TPSA) is 66.0 Å². The highest BCUT2D eigenvalue weighted by Gasteiger charge is 2.43. The van der Waals surface area contributed by atoms with Crippen LogP contribution in [0.15, 0.2) is 29.3 Å². The number of nitrogens with zero attached hydrogens (tertiary/aromatic N) is 2. The minimum atomic E-state index is -0.0593. The van der Waals surface area contributed by atoms with E-state index in [9.17, 15) is 4.79 Å². The molecule has 0 aromatic heterocycles. The number of para-hydroxylation sites is 1. The van der Waals surface area contributed by atoms with Gasteiger partial charge in [0.1, 0.15) is 11.4 Å². The Bertz CT molecular complexity index is 706. The Kier molecular flexibility index (Phi) is 5.23. The molecule has 1 aliphatic carbocycles. The molecule has 1 unspecified atom stereocenters. The van der Waals surface area contributed by atoms with Crippen molar-refractivity contribution in [2.75, 3.05) is 26.7 Å². The van der Waals surface area contributed by atoms with Gasteiger partial charge in [-0.15, -0.1) is 0 Å². The molecule has 1 atom stereocenters. The second-order valence-electron chi connectivity index (χ2n) is 7.94. The highest BCUT2D eigenvalue weighted by Crippen LogP contribution is 2.46. The summed E-state index contributed by atoms with van der Waals surface area (Å²) in [6.45, 7) is 2.04. The number of carbonyl (C=O) groups excluding carboxylic acids is 1. The van der Waals surface area contributed by atoms with E-state index in [4.69, 9.17) is 4.74 Å². The molecule has 6 heteroatoms. The maximum Gasteiger partial charge on any atom is 0.241 e. The fraction of sp³-hybridized carbons (Fsp3) is 0.619. The second-order valence-corrected chi connectivity index (χ2v) is 7.94. The van der Waals surface area contributed by atoms with E-state index in [-0.39, 0.29) is 24.1 Å². The molecule has 6 nitrogen and oxygen atoms in total. The number of hydrogen-bond donors (Lipinski definition) is 2. The highest BCUT2D eigenvalue weighted by molar-refractivity contribution is 5.86. The number of nitrogens with one attached hydrogen (secondary N) is 2. The summed E-state index contributed by atoms with van der Waals surface area (Å²) in [7, 11) is 1.76. The zero-order valence-electron chi connectivity index (χ0n) is 16.2. The van der Waals surface area contributed by atoms with Crippen molar-refractivity contribution >= 4 is 11.9 Å². The maximum absolute atomic E-state index is 12.3. The summed E-state index contributed by atoms with van der Waals surface area (Å²) in [5, 5.41) is 6.76. The summed E-state index contributed by atoms with van der Waals surface area (Å²) in [5.41, 5.74) is 1.11. The van der Waals surface area contributed by atoms with Crippen LogP contribution in [-0.2, 0) is 4.79 Å². The number of fused-ring (bicyclic) bond motifs is 1. The van der Waals surface area contributed by atoms with E-state index in [2.05, 4.69) is 33.8 Å². The van der Waals surface area contributed by atoms with Crippen molar-refractivity contribution in [1.29, 1.82) is 0 Å². The Morgan fingerprint density at radius 2 is 1.96 bits per heavy atom. The molecule has 1 amide bonds. The lowest BCUT2D eigenvalue weighted by Crippen LogP contribution is -2.48. The zero-order chi connectivity index (χ0) is 18.7. The molecule has 0 radical (unpaired) electrons. The lowest BCUT2D eigenvalue weighted by molar-refractivity contribution is -0.128. The summed E-state index contributed by atoms with van der Waals surface area (Å²) in [5.74, 6) is 1.80. The van der Waals surface area contributed by atoms with Crippen LogP contribution in [-0.4, -0.2) is 49.0 Å². The van der Waals surface area contributed by atoms with Gasteiger partial charge in [0, 0.05) is 32.1 Å². The van der Waals surface area contributed by atoms with Gasteiger partial charge in [0.2, 0.25) is 5.91 Å². The quantitative estimate of drug-likeness (QED) is 0.634. The summed E-state index contributed by atoms with van der Waals surface area (Å²) in [6, 6.07) is 8.41. The molecule has 1 saturated heterocycles. The number of ether oxygens (including phenoxy) is 1. The Balaban J connectivity index is 1.44. The van der Waals surface area contributed by atoms with E-state index in [0.717, 1.165) is 50.9 Å². The van der Waals surface area contributed by atoms with Crippen molar-refractivity contribution in [2.24, 2.45) is 4.99 Å². The average molecular weight is 370 g/mol. The molecule has 1 saturated carbocycles. The number of benzene rings is 1. The molecular weight excluding hydrogens is 340 g/mol. The Morgan fingerprint density at radius 3 is 2.70 bits per heavy atom. The Hall–Kier alpha value is -2.24. The minimum absolute atomic E-state index is 0.0593. The molecule has 3 aliphatic rings. The molecule has 2 fully saturated rings. The largest absolute Gasteiger partial charge is 0.487 e. The third kappa shape index (κ3) is 3.89. The summed E-state index contributed by atoms with van der Waals surface area (Å²) in [6.07, 6.45) is 7.83. The van der Waals surface area contributed by atoms with Gasteiger partial charge >= 0.3 is 0 Å². The lowest BCUT2D eigenvalue weighted by Gasteiger charge is -2.40. The Morgan fingerprint density at radius 1 is 1.22 bits per heavy atom. The molecule has 2 aliphatic heterocycles. The van der Waals surface area contributed by atoms with Crippen LogP contribution < -0.4 is 15.4 Å². The molecular formula is C21H30N4O2. The number of guanidine groups is 1. The molecule has 1 aromatic carbocycles. The van der Waals surface area contributed by atoms with Crippen molar-refractivity contribution in [3.8, 4) is 5.75 Å². The maximum atomic E-state index is 12.3. The number of likely N-dealkylation sites (tertiary alicyclic amines) is 1. The molecule has 2 heterocycles. The minimum Gasteiger partial charge on any atom is -0.487 e. The number of rotatable bonds is 3. The fourth-order valence-corrected chi connectivity index (χ4v) is 4.67. The number of hydrogen-bond acceptors (Lipinski definition) is 3. The lowest BCUT2D eigenvalue weighted by atomic mass is 9.86. The van der Waals surface area contributed by atoms with E-state index < -0.39 is 0 Å². The first-order chi connectivity index (χ1) is 13.2. The van der Waals surface area contributed by atoms with Gasteiger partial charge in [-0.05, 0) is 44.6 Å². The monoisotopic (exact) mass is 370 g/mol. The average Bonchev–Trinajstić information content (AvgIpc) is 3.37. The van der Waals surface area contributed by atoms with E-state index in [1.807, 2.05) is 11.0 Å². The standard InChI is InChI=1S/C21H30N4O2/c1-22-20(23-15-19(26)25-12-6-7-13-25)24-17-14-21(10-4-5-11-21)27-18-9-3-2-8-16(17)18/h2-3,8-9,17H,4-7,10-15H2,1H3,(H2,22,23,24). The van der Waals surface area contributed by atoms with Crippen LogP contribution in [0.3, 0.4) is 0 Å². The molecule has 146 valence electrons. The van der Waals surface area contributed by atoms with Gasteiger partial charge < -0.3 is 20.3 Å². The van der Waals surface area contributed by atoms with Crippen LogP contribution >= 0.6 is 0 Å². The molecule has 1 aromatic rings. The SMILES string of the molecule is CN=C(NCC(=O)N1CCCC1)NC1CC2(CCCC2)Oc2ccccc21. The normalized spacial score (nSPS) is 23.8. The van der Waals surface area contributed by atoms with Crippen LogP contribution in [0, 0.1) is 0 Å². The molecule has 1 spiro atoms. The van der Waals surface area contributed by atoms with E-state index >= 15 is 0 Å². The van der Waals surface area contributed by atoms with Gasteiger partial charge in [-0.3, -0.25) is 9.79 Å². The van der Waals surface area contributed by atoms with Gasteiger partial charge in [0.05, 0.1) is 12.6 Å². The van der Waals surface area contributed by atoms with Gasteiger partial charge in [-0.1, -0.05) is 18.2 Å². The van der Waals surface area contributed by atoms with Gasteiger partial charge in [-0.2, -0.15) is 0 Å². The molecule has 4 rings (SSSR count). The number of amides is 1. The van der Waals surface area contributed by atoms with E-state index in [0.29, 0.717) is 5.96 Å². The van der Waals surface area contributed by atoms with Gasteiger partial charge in [0.15, 0.2) is 5.96 Å². The summed E-state index contributed by atoms with van der Waals surface area (Å²) >= 11 is 0. The van der Waals surface area contributed by atoms with E-state index in [1.165, 1.54) is 18.4 Å². The number of carbonyl (C=O) groups is 1. The highest BCUT2D eigenvalue weighted by atomic mass is 16.5. The predicted molar refractivity (Wildman–Crippen MR) is 106 cm³/mol. The first-order valence-electron chi connectivity index (χ1n) is 10.2. The summed E-state index contributed by atoms with van der Waals surface area (Å²) < 4.78 is 6.43. The zero-order valence-corrected chi connectivity index (χ0v) is 16.2. The number of aliphatic imine (C=N–C) groups is 1. The molecule has 27 heavy (non-hydrogen) atoms. The fourth-order valence-electron chi connectivity index (χ4n) is 4.67. The van der Waals surface area contributed by atoms with Crippen molar-refractivity contribution in [3.63, 3.8) is 0 Å². The van der Waals surface area contributed by atoms with Crippen LogP contribution in [0.2, 0.25) is 0 Å². The van der Waals surface area contributed by atoms with Crippen molar-refractivity contribution in [1.82, 2.24) is 15.5 Å². The van der Waals surface area contributed by atoms with Crippen LogP contribution in [0.5, 0.6) is 5.75 Å². The van der Waals surface area contributed by atoms with Crippen molar-refractivity contribution < 1.29 is 9.53 Å². The Labute approximate surface area is 161 Å². The van der Waals surface area contributed by atoms with Crippen LogP contribution in [0.1, 0.15) is 56.6 Å². The predicted octanol–water partition coefficient (Wildman–Crippen LogP) is 2.61.